The minimum absolute atomic E-state index is 0.113. The van der Waals surface area contributed by atoms with E-state index in [1.165, 1.54) is 7.11 Å². The average molecular weight is 532 g/mol. The Morgan fingerprint density at radius 1 is 0.842 bits per heavy atom. The number of rotatable bonds is 7. The van der Waals surface area contributed by atoms with E-state index in [1.807, 2.05) is 30.3 Å². The molecular formula is C28H41N3O7. The maximum atomic E-state index is 13.6. The molecule has 0 aromatic heterocycles. The van der Waals surface area contributed by atoms with Crippen LogP contribution in [0.15, 0.2) is 30.3 Å². The number of benzene rings is 1. The Bertz CT molecular complexity index is 963. The minimum atomic E-state index is -0.647. The summed E-state index contributed by atoms with van der Waals surface area (Å²) in [6, 6.07) is 8.20. The average Bonchev–Trinajstić information content (AvgIpc) is 2.87. The molecule has 3 rings (SSSR count). The van der Waals surface area contributed by atoms with E-state index < -0.39 is 35.7 Å². The summed E-state index contributed by atoms with van der Waals surface area (Å²) >= 11 is 0. The van der Waals surface area contributed by atoms with Crippen LogP contribution in [-0.2, 0) is 30.4 Å². The number of nitrogens with one attached hydrogen (secondary N) is 3. The van der Waals surface area contributed by atoms with Crippen LogP contribution in [0, 0.1) is 11.8 Å². The van der Waals surface area contributed by atoms with Crippen molar-refractivity contribution in [1.29, 1.82) is 0 Å². The second-order valence-corrected chi connectivity index (χ2v) is 11.1. The van der Waals surface area contributed by atoms with Crippen LogP contribution < -0.4 is 16.0 Å². The fourth-order valence-corrected chi connectivity index (χ4v) is 5.18. The Balaban J connectivity index is 1.67. The Morgan fingerprint density at radius 3 is 2.21 bits per heavy atom. The van der Waals surface area contributed by atoms with Crippen LogP contribution in [0.4, 0.5) is 9.59 Å². The van der Waals surface area contributed by atoms with Gasteiger partial charge in [-0.1, -0.05) is 43.2 Å². The minimum Gasteiger partial charge on any atom is -0.469 e. The topological polar surface area (TPSA) is 132 Å². The van der Waals surface area contributed by atoms with Crippen molar-refractivity contribution in [1.82, 2.24) is 16.0 Å². The maximum Gasteiger partial charge on any atom is 0.407 e. The molecule has 10 heteroatoms. The van der Waals surface area contributed by atoms with Crippen LogP contribution in [0.1, 0.15) is 71.3 Å². The third-order valence-electron chi connectivity index (χ3n) is 7.02. The SMILES string of the molecule is COC(=O)C1CCCCC1NC(=O)C1CC(NC(=O)OC(C)(C)C)CCC1NC(=O)OCc1ccccc1. The first-order chi connectivity index (χ1) is 18.1. The Labute approximate surface area is 224 Å². The molecule has 38 heavy (non-hydrogen) atoms. The Morgan fingerprint density at radius 2 is 1.53 bits per heavy atom. The molecule has 2 fully saturated rings. The predicted octanol–water partition coefficient (Wildman–Crippen LogP) is 3.82. The molecule has 1 aromatic rings. The summed E-state index contributed by atoms with van der Waals surface area (Å²) in [5.74, 6) is -1.63. The fourth-order valence-electron chi connectivity index (χ4n) is 5.18. The molecule has 0 aliphatic heterocycles. The van der Waals surface area contributed by atoms with E-state index >= 15 is 0 Å². The van der Waals surface area contributed by atoms with Gasteiger partial charge in [0, 0.05) is 18.1 Å². The van der Waals surface area contributed by atoms with Crippen LogP contribution >= 0.6 is 0 Å². The summed E-state index contributed by atoms with van der Waals surface area (Å²) in [6.07, 6.45) is 3.30. The lowest BCUT2D eigenvalue weighted by atomic mass is 9.79. The van der Waals surface area contributed by atoms with Gasteiger partial charge in [-0.05, 0) is 58.4 Å². The quantitative estimate of drug-likeness (QED) is 0.360. The van der Waals surface area contributed by atoms with E-state index in [0.717, 1.165) is 18.4 Å². The number of ether oxygens (including phenoxy) is 3. The zero-order chi connectivity index (χ0) is 27.7. The van der Waals surface area contributed by atoms with Crippen LogP contribution in [-0.4, -0.2) is 54.9 Å². The fraction of sp³-hybridized carbons (Fsp3) is 0.643. The lowest BCUT2D eigenvalue weighted by molar-refractivity contribution is -0.148. The monoisotopic (exact) mass is 531 g/mol. The van der Waals surface area contributed by atoms with Crippen molar-refractivity contribution in [2.75, 3.05) is 7.11 Å². The van der Waals surface area contributed by atoms with E-state index in [1.54, 1.807) is 20.8 Å². The van der Waals surface area contributed by atoms with Gasteiger partial charge in [-0.3, -0.25) is 9.59 Å². The van der Waals surface area contributed by atoms with Gasteiger partial charge >= 0.3 is 18.2 Å². The van der Waals surface area contributed by atoms with E-state index in [2.05, 4.69) is 16.0 Å². The molecule has 0 heterocycles. The van der Waals surface area contributed by atoms with Gasteiger partial charge in [-0.15, -0.1) is 0 Å². The number of amides is 3. The molecule has 0 radical (unpaired) electrons. The van der Waals surface area contributed by atoms with Gasteiger partial charge in [-0.25, -0.2) is 9.59 Å². The zero-order valence-electron chi connectivity index (χ0n) is 22.8. The molecule has 3 amide bonds. The van der Waals surface area contributed by atoms with Crippen LogP contribution in [0.5, 0.6) is 0 Å². The number of esters is 1. The molecule has 210 valence electrons. The highest BCUT2D eigenvalue weighted by atomic mass is 16.6. The molecule has 10 nitrogen and oxygen atoms in total. The zero-order valence-corrected chi connectivity index (χ0v) is 22.8. The van der Waals surface area contributed by atoms with Gasteiger partial charge < -0.3 is 30.2 Å². The van der Waals surface area contributed by atoms with E-state index in [-0.39, 0.29) is 30.6 Å². The number of carbonyl (C=O) groups is 4. The second kappa shape index (κ2) is 13.5. The number of hydrogen-bond donors (Lipinski definition) is 3. The van der Waals surface area contributed by atoms with Crippen LogP contribution in [0.3, 0.4) is 0 Å². The van der Waals surface area contributed by atoms with E-state index in [9.17, 15) is 19.2 Å². The lowest BCUT2D eigenvalue weighted by Gasteiger charge is -2.38. The predicted molar refractivity (Wildman–Crippen MR) is 140 cm³/mol. The van der Waals surface area contributed by atoms with Gasteiger partial charge in [-0.2, -0.15) is 0 Å². The first kappa shape index (κ1) is 29.3. The molecule has 3 N–H and O–H groups in total. The lowest BCUT2D eigenvalue weighted by Crippen LogP contribution is -2.56. The summed E-state index contributed by atoms with van der Waals surface area (Å²) in [7, 11) is 1.35. The highest BCUT2D eigenvalue weighted by molar-refractivity contribution is 5.82. The summed E-state index contributed by atoms with van der Waals surface area (Å²) < 4.78 is 15.7. The van der Waals surface area contributed by atoms with Gasteiger partial charge in [0.2, 0.25) is 5.91 Å². The summed E-state index contributed by atoms with van der Waals surface area (Å²) in [4.78, 5) is 50.9. The molecule has 1 aromatic carbocycles. The molecule has 0 saturated heterocycles. The van der Waals surface area contributed by atoms with Crippen molar-refractivity contribution in [3.8, 4) is 0 Å². The van der Waals surface area contributed by atoms with Crippen molar-refractivity contribution in [2.24, 2.45) is 11.8 Å². The standard InChI is InChI=1S/C28H41N3O7/c1-28(2,3)38-27(35)29-19-14-15-23(31-26(34)37-17-18-10-6-5-7-11-18)21(16-19)24(32)30-22-13-9-8-12-20(22)25(33)36-4/h5-7,10-11,19-23H,8-9,12-17H2,1-4H3,(H,29,35)(H,30,32)(H,31,34). The normalized spacial score (nSPS) is 25.4. The number of alkyl carbamates (subject to hydrolysis) is 2. The summed E-state index contributed by atoms with van der Waals surface area (Å²) in [5.41, 5.74) is 0.208. The number of hydrogen-bond acceptors (Lipinski definition) is 7. The molecule has 2 saturated carbocycles. The summed E-state index contributed by atoms with van der Waals surface area (Å²) in [5, 5.41) is 8.77. The summed E-state index contributed by atoms with van der Waals surface area (Å²) in [6.45, 7) is 5.47. The highest BCUT2D eigenvalue weighted by Gasteiger charge is 2.40. The molecule has 0 bridgehead atoms. The maximum absolute atomic E-state index is 13.6. The second-order valence-electron chi connectivity index (χ2n) is 11.1. The largest absolute Gasteiger partial charge is 0.469 e. The van der Waals surface area contributed by atoms with Gasteiger partial charge in [0.15, 0.2) is 0 Å². The van der Waals surface area contributed by atoms with Crippen molar-refractivity contribution in [3.05, 3.63) is 35.9 Å². The first-order valence-corrected chi connectivity index (χ1v) is 13.4. The van der Waals surface area contributed by atoms with Crippen LogP contribution in [0.2, 0.25) is 0 Å². The Kier molecular flexibility index (Phi) is 10.4. The van der Waals surface area contributed by atoms with Crippen molar-refractivity contribution >= 4 is 24.1 Å². The molecule has 2 aliphatic rings. The van der Waals surface area contributed by atoms with Gasteiger partial charge in [0.05, 0.1) is 18.9 Å². The number of methoxy groups -OCH3 is 1. The van der Waals surface area contributed by atoms with Gasteiger partial charge in [0.25, 0.3) is 0 Å². The molecular weight excluding hydrogens is 490 g/mol. The van der Waals surface area contributed by atoms with Crippen molar-refractivity contribution in [3.63, 3.8) is 0 Å². The molecule has 5 unspecified atom stereocenters. The third kappa shape index (κ3) is 8.92. The van der Waals surface area contributed by atoms with Gasteiger partial charge in [0.1, 0.15) is 12.2 Å². The smallest absolute Gasteiger partial charge is 0.407 e. The van der Waals surface area contributed by atoms with Crippen LogP contribution in [0.25, 0.3) is 0 Å². The molecule has 5 atom stereocenters. The number of carbonyl (C=O) groups excluding carboxylic acids is 4. The molecule has 2 aliphatic carbocycles. The van der Waals surface area contributed by atoms with Crippen molar-refractivity contribution in [2.45, 2.75) is 96.1 Å². The molecule has 0 spiro atoms. The van der Waals surface area contributed by atoms with E-state index in [4.69, 9.17) is 14.2 Å². The highest BCUT2D eigenvalue weighted by Crippen LogP contribution is 2.29. The third-order valence-corrected chi connectivity index (χ3v) is 7.02. The van der Waals surface area contributed by atoms with Crippen molar-refractivity contribution < 1.29 is 33.4 Å². The van der Waals surface area contributed by atoms with E-state index in [0.29, 0.717) is 32.1 Å². The first-order valence-electron chi connectivity index (χ1n) is 13.4. The Hall–Kier alpha value is -3.30.